The second-order valence-corrected chi connectivity index (χ2v) is 7.27. The van der Waals surface area contributed by atoms with Gasteiger partial charge < -0.3 is 10.6 Å². The fraction of sp³-hybridized carbons (Fsp3) is 0.227. The Kier molecular flexibility index (Phi) is 5.62. The van der Waals surface area contributed by atoms with E-state index in [-0.39, 0.29) is 0 Å². The van der Waals surface area contributed by atoms with Gasteiger partial charge in [0.2, 0.25) is 5.95 Å². The number of aromatic nitrogens is 4. The summed E-state index contributed by atoms with van der Waals surface area (Å²) in [6.07, 6.45) is 3.79. The molecule has 0 unspecified atom stereocenters. The minimum atomic E-state index is 0.646. The summed E-state index contributed by atoms with van der Waals surface area (Å²) in [4.78, 5) is 13.6. The molecule has 0 bridgehead atoms. The summed E-state index contributed by atoms with van der Waals surface area (Å²) in [5, 5.41) is 7.41. The van der Waals surface area contributed by atoms with E-state index >= 15 is 0 Å². The van der Waals surface area contributed by atoms with Crippen molar-refractivity contribution in [2.24, 2.45) is 0 Å². The van der Waals surface area contributed by atoms with Crippen LogP contribution in [0.1, 0.15) is 25.3 Å². The number of hydrogen-bond donors (Lipinski definition) is 2. The van der Waals surface area contributed by atoms with Crippen LogP contribution in [0.5, 0.6) is 0 Å². The topological polar surface area (TPSA) is 67.7 Å². The van der Waals surface area contributed by atoms with Crippen molar-refractivity contribution < 1.29 is 0 Å². The van der Waals surface area contributed by atoms with E-state index in [9.17, 15) is 0 Å². The summed E-state index contributed by atoms with van der Waals surface area (Å²) in [6.45, 7) is 5.06. The van der Waals surface area contributed by atoms with Gasteiger partial charge in [-0.15, -0.1) is 0 Å². The largest absolute Gasteiger partial charge is 0.370 e. The monoisotopic (exact) mass is 406 g/mol. The predicted molar refractivity (Wildman–Crippen MR) is 120 cm³/mol. The molecular weight excluding hydrogens is 384 g/mol. The maximum atomic E-state index is 6.44. The van der Waals surface area contributed by atoms with Gasteiger partial charge >= 0.3 is 0 Å². The van der Waals surface area contributed by atoms with Crippen LogP contribution in [0.25, 0.3) is 16.9 Å². The average molecular weight is 407 g/mol. The van der Waals surface area contributed by atoms with Crippen LogP contribution in [0.4, 0.5) is 17.5 Å². The lowest BCUT2D eigenvalue weighted by atomic mass is 10.2. The third kappa shape index (κ3) is 4.03. The first-order chi connectivity index (χ1) is 14.2. The highest BCUT2D eigenvalue weighted by Gasteiger charge is 2.16. The first kappa shape index (κ1) is 19.2. The van der Waals surface area contributed by atoms with Crippen molar-refractivity contribution >= 4 is 40.1 Å². The standard InChI is InChI=1S/C22H23ClN6/c1-3-4-12-24-19-13-20(26-14-25-19)29-18-11-6-5-10-17(18)27-22(29)28-21-15(2)8-7-9-16(21)23/h5-11,13-14H,3-4,12H2,1-2H3,(H,27,28)(H,24,25,26). The maximum Gasteiger partial charge on any atom is 0.214 e. The van der Waals surface area contributed by atoms with Crippen LogP contribution in [-0.4, -0.2) is 26.1 Å². The van der Waals surface area contributed by atoms with Gasteiger partial charge in [-0.2, -0.15) is 0 Å². The molecule has 2 N–H and O–H groups in total. The van der Waals surface area contributed by atoms with Crippen LogP contribution in [0.15, 0.2) is 54.9 Å². The van der Waals surface area contributed by atoms with E-state index in [1.807, 2.05) is 60.0 Å². The molecule has 0 spiro atoms. The van der Waals surface area contributed by atoms with E-state index in [0.29, 0.717) is 11.0 Å². The lowest BCUT2D eigenvalue weighted by Gasteiger charge is -2.14. The fourth-order valence-corrected chi connectivity index (χ4v) is 3.47. The lowest BCUT2D eigenvalue weighted by molar-refractivity contribution is 0.829. The minimum Gasteiger partial charge on any atom is -0.370 e. The van der Waals surface area contributed by atoms with E-state index in [2.05, 4.69) is 27.5 Å². The van der Waals surface area contributed by atoms with Crippen LogP contribution >= 0.6 is 11.6 Å². The zero-order valence-electron chi connectivity index (χ0n) is 16.5. The van der Waals surface area contributed by atoms with Crippen molar-refractivity contribution in [2.45, 2.75) is 26.7 Å². The molecule has 0 saturated carbocycles. The summed E-state index contributed by atoms with van der Waals surface area (Å²) < 4.78 is 1.99. The molecule has 0 fully saturated rings. The molecule has 0 saturated heterocycles. The lowest BCUT2D eigenvalue weighted by Crippen LogP contribution is -2.08. The molecule has 2 aromatic carbocycles. The van der Waals surface area contributed by atoms with Gasteiger partial charge in [0.25, 0.3) is 0 Å². The van der Waals surface area contributed by atoms with Crippen molar-refractivity contribution in [3.05, 3.63) is 65.4 Å². The minimum absolute atomic E-state index is 0.646. The molecule has 2 heterocycles. The molecule has 7 heteroatoms. The molecule has 4 rings (SSSR count). The van der Waals surface area contributed by atoms with Gasteiger partial charge in [-0.1, -0.05) is 49.2 Å². The van der Waals surface area contributed by atoms with Crippen LogP contribution < -0.4 is 10.6 Å². The van der Waals surface area contributed by atoms with Crippen molar-refractivity contribution in [1.82, 2.24) is 19.5 Å². The van der Waals surface area contributed by atoms with Gasteiger partial charge in [0, 0.05) is 12.6 Å². The molecule has 0 aliphatic carbocycles. The third-order valence-corrected chi connectivity index (χ3v) is 5.05. The van der Waals surface area contributed by atoms with Gasteiger partial charge in [0.1, 0.15) is 18.0 Å². The quantitative estimate of drug-likeness (QED) is 0.383. The molecule has 6 nitrogen and oxygen atoms in total. The highest BCUT2D eigenvalue weighted by Crippen LogP contribution is 2.31. The van der Waals surface area contributed by atoms with E-state index in [1.165, 1.54) is 0 Å². The van der Waals surface area contributed by atoms with Gasteiger partial charge in [-0.25, -0.2) is 15.0 Å². The van der Waals surface area contributed by atoms with E-state index in [1.54, 1.807) is 6.33 Å². The highest BCUT2D eigenvalue weighted by molar-refractivity contribution is 6.33. The SMILES string of the molecule is CCCCNc1cc(-n2c(Nc3c(C)cccc3Cl)nc3ccccc32)ncn1. The maximum absolute atomic E-state index is 6.44. The molecule has 29 heavy (non-hydrogen) atoms. The van der Waals surface area contributed by atoms with Crippen molar-refractivity contribution in [3.63, 3.8) is 0 Å². The number of hydrogen-bond acceptors (Lipinski definition) is 5. The van der Waals surface area contributed by atoms with Gasteiger partial charge in [-0.3, -0.25) is 4.57 Å². The summed E-state index contributed by atoms with van der Waals surface area (Å²) in [5.74, 6) is 2.18. The Morgan fingerprint density at radius 1 is 1.07 bits per heavy atom. The molecule has 4 aromatic rings. The van der Waals surface area contributed by atoms with E-state index in [0.717, 1.165) is 53.3 Å². The molecule has 0 aliphatic rings. The Labute approximate surface area is 175 Å². The first-order valence-corrected chi connectivity index (χ1v) is 10.1. The zero-order chi connectivity index (χ0) is 20.2. The zero-order valence-corrected chi connectivity index (χ0v) is 17.2. The molecule has 148 valence electrons. The second-order valence-electron chi connectivity index (χ2n) is 6.86. The first-order valence-electron chi connectivity index (χ1n) is 9.73. The van der Waals surface area contributed by atoms with Crippen molar-refractivity contribution in [2.75, 3.05) is 17.2 Å². The number of nitrogens with zero attached hydrogens (tertiary/aromatic N) is 4. The van der Waals surface area contributed by atoms with E-state index in [4.69, 9.17) is 16.6 Å². The van der Waals surface area contributed by atoms with Crippen molar-refractivity contribution in [3.8, 4) is 5.82 Å². The smallest absolute Gasteiger partial charge is 0.214 e. The van der Waals surface area contributed by atoms with E-state index < -0.39 is 0 Å². The number of rotatable bonds is 7. The molecule has 0 radical (unpaired) electrons. The average Bonchev–Trinajstić information content (AvgIpc) is 3.09. The number of unbranched alkanes of at least 4 members (excludes halogenated alkanes) is 1. The van der Waals surface area contributed by atoms with Gasteiger partial charge in [-0.05, 0) is 37.1 Å². The number of para-hydroxylation sites is 3. The Morgan fingerprint density at radius 3 is 2.76 bits per heavy atom. The molecule has 0 aliphatic heterocycles. The Hall–Kier alpha value is -3.12. The molecule has 2 aromatic heterocycles. The van der Waals surface area contributed by atoms with Crippen LogP contribution in [-0.2, 0) is 0 Å². The number of imidazole rings is 1. The van der Waals surface area contributed by atoms with Gasteiger partial charge in [0.05, 0.1) is 21.7 Å². The number of aryl methyl sites for hydroxylation is 1. The predicted octanol–water partition coefficient (Wildman–Crippen LogP) is 5.73. The normalized spacial score (nSPS) is 11.0. The third-order valence-electron chi connectivity index (χ3n) is 4.74. The highest BCUT2D eigenvalue weighted by atomic mass is 35.5. The molecule has 0 amide bonds. The summed E-state index contributed by atoms with van der Waals surface area (Å²) in [7, 11) is 0. The number of benzene rings is 2. The number of anilines is 3. The van der Waals surface area contributed by atoms with Crippen LogP contribution in [0.2, 0.25) is 5.02 Å². The Morgan fingerprint density at radius 2 is 1.93 bits per heavy atom. The summed E-state index contributed by atoms with van der Waals surface area (Å²) >= 11 is 6.44. The van der Waals surface area contributed by atoms with Crippen molar-refractivity contribution in [1.29, 1.82) is 0 Å². The Bertz CT molecular complexity index is 1120. The number of halogens is 1. The Balaban J connectivity index is 1.80. The van der Waals surface area contributed by atoms with Crippen LogP contribution in [0.3, 0.4) is 0 Å². The summed E-state index contributed by atoms with van der Waals surface area (Å²) in [6, 6.07) is 15.7. The number of fused-ring (bicyclic) bond motifs is 1. The molecular formula is C22H23ClN6. The second kappa shape index (κ2) is 8.49. The fourth-order valence-electron chi connectivity index (χ4n) is 3.20. The summed E-state index contributed by atoms with van der Waals surface area (Å²) in [5.41, 5.74) is 3.71. The van der Waals surface area contributed by atoms with Crippen LogP contribution in [0, 0.1) is 6.92 Å². The molecule has 0 atom stereocenters. The number of nitrogens with one attached hydrogen (secondary N) is 2. The van der Waals surface area contributed by atoms with Gasteiger partial charge in [0.15, 0.2) is 0 Å².